The lowest BCUT2D eigenvalue weighted by Crippen LogP contribution is -2.08. The van der Waals surface area contributed by atoms with E-state index in [1.807, 2.05) is 0 Å². The summed E-state index contributed by atoms with van der Waals surface area (Å²) in [5, 5.41) is 19.7. The Morgan fingerprint density at radius 3 is 2.72 bits per heavy atom. The van der Waals surface area contributed by atoms with Crippen LogP contribution in [0.25, 0.3) is 0 Å². The minimum Gasteiger partial charge on any atom is -0.294 e. The summed E-state index contributed by atoms with van der Waals surface area (Å²) < 4.78 is 0. The third-order valence-electron chi connectivity index (χ3n) is 3.05. The number of nitro groups is 1. The first kappa shape index (κ1) is 12.5. The largest absolute Gasteiger partial charge is 0.294 e. The maximum absolute atomic E-state index is 12.0. The Bertz CT molecular complexity index is 573. The molecule has 1 aliphatic carbocycles. The summed E-state index contributed by atoms with van der Waals surface area (Å²) in [4.78, 5) is 22.1. The summed E-state index contributed by atoms with van der Waals surface area (Å²) in [6.45, 7) is 0. The standard InChI is InChI=1S/C12H9ClN2O3/c13-10-2-1-8(15(17)18)5-9(10)11(16)6-12(7-14)3-4-12/h1-2,5H,3-4,6H2. The number of ketones is 1. The Kier molecular flexibility index (Phi) is 3.05. The van der Waals surface area contributed by atoms with Gasteiger partial charge < -0.3 is 0 Å². The van der Waals surface area contributed by atoms with Gasteiger partial charge in [-0.25, -0.2) is 0 Å². The minimum atomic E-state index is -0.579. The molecule has 0 bridgehead atoms. The third kappa shape index (κ3) is 2.34. The second kappa shape index (κ2) is 4.39. The molecule has 0 aliphatic heterocycles. The smallest absolute Gasteiger partial charge is 0.270 e. The molecule has 2 rings (SSSR count). The van der Waals surface area contributed by atoms with Crippen molar-refractivity contribution in [3.8, 4) is 6.07 Å². The predicted octanol–water partition coefficient (Wildman–Crippen LogP) is 3.12. The molecule has 5 nitrogen and oxygen atoms in total. The van der Waals surface area contributed by atoms with Crippen LogP contribution in [-0.2, 0) is 0 Å². The van der Waals surface area contributed by atoms with Crippen LogP contribution < -0.4 is 0 Å². The molecule has 0 atom stereocenters. The Morgan fingerprint density at radius 1 is 1.56 bits per heavy atom. The summed E-state index contributed by atoms with van der Waals surface area (Å²) in [6, 6.07) is 5.86. The van der Waals surface area contributed by atoms with Crippen molar-refractivity contribution in [1.82, 2.24) is 0 Å². The molecule has 1 aliphatic rings. The second-order valence-electron chi connectivity index (χ2n) is 4.41. The number of non-ortho nitro benzene ring substituents is 1. The molecule has 6 heteroatoms. The zero-order valence-electron chi connectivity index (χ0n) is 9.35. The van der Waals surface area contributed by atoms with Crippen LogP contribution in [0.4, 0.5) is 5.69 Å². The molecule has 1 fully saturated rings. The monoisotopic (exact) mass is 264 g/mol. The van der Waals surface area contributed by atoms with E-state index in [4.69, 9.17) is 16.9 Å². The van der Waals surface area contributed by atoms with Gasteiger partial charge in [-0.2, -0.15) is 5.26 Å². The predicted molar refractivity (Wildman–Crippen MR) is 64.3 cm³/mol. The highest BCUT2D eigenvalue weighted by Gasteiger charge is 2.45. The van der Waals surface area contributed by atoms with Gasteiger partial charge in [-0.15, -0.1) is 0 Å². The summed E-state index contributed by atoms with van der Waals surface area (Å²) in [7, 11) is 0. The Balaban J connectivity index is 2.27. The number of rotatable bonds is 4. The van der Waals surface area contributed by atoms with Gasteiger partial charge in [0, 0.05) is 24.1 Å². The van der Waals surface area contributed by atoms with Gasteiger partial charge in [0.05, 0.1) is 21.4 Å². The minimum absolute atomic E-state index is 0.0738. The fourth-order valence-corrected chi connectivity index (χ4v) is 1.95. The van der Waals surface area contributed by atoms with Crippen molar-refractivity contribution in [2.75, 3.05) is 0 Å². The first-order valence-corrected chi connectivity index (χ1v) is 5.74. The van der Waals surface area contributed by atoms with Crippen molar-refractivity contribution in [3.05, 3.63) is 38.9 Å². The van der Waals surface area contributed by atoms with E-state index in [-0.39, 0.29) is 28.5 Å². The van der Waals surface area contributed by atoms with E-state index >= 15 is 0 Å². The number of carbonyl (C=O) groups is 1. The molecular formula is C12H9ClN2O3. The summed E-state index contributed by atoms with van der Waals surface area (Å²) in [6.07, 6.45) is 1.47. The number of carbonyl (C=O) groups excluding carboxylic acids is 1. The van der Waals surface area contributed by atoms with Crippen molar-refractivity contribution < 1.29 is 9.72 Å². The van der Waals surface area contributed by atoms with Gasteiger partial charge in [0.1, 0.15) is 0 Å². The molecule has 0 unspecified atom stereocenters. The molecule has 0 radical (unpaired) electrons. The first-order chi connectivity index (χ1) is 8.47. The van der Waals surface area contributed by atoms with Crippen LogP contribution >= 0.6 is 11.6 Å². The van der Waals surface area contributed by atoms with Gasteiger partial charge in [-0.3, -0.25) is 14.9 Å². The van der Waals surface area contributed by atoms with Crippen LogP contribution in [0.1, 0.15) is 29.6 Å². The fraction of sp³-hybridized carbons (Fsp3) is 0.333. The molecule has 1 aromatic carbocycles. The SMILES string of the molecule is N#CC1(CC(=O)c2cc([N+](=O)[O-])ccc2Cl)CC1. The maximum atomic E-state index is 12.0. The van der Waals surface area contributed by atoms with Crippen LogP contribution in [0.3, 0.4) is 0 Å². The van der Waals surface area contributed by atoms with Crippen LogP contribution in [-0.4, -0.2) is 10.7 Å². The highest BCUT2D eigenvalue weighted by molar-refractivity contribution is 6.34. The molecule has 1 aromatic rings. The molecule has 1 saturated carbocycles. The quantitative estimate of drug-likeness (QED) is 0.475. The summed E-state index contributed by atoms with van der Waals surface area (Å²) >= 11 is 5.86. The van der Waals surface area contributed by atoms with E-state index in [9.17, 15) is 14.9 Å². The van der Waals surface area contributed by atoms with E-state index in [2.05, 4.69) is 6.07 Å². The van der Waals surface area contributed by atoms with E-state index in [0.717, 1.165) is 6.07 Å². The van der Waals surface area contributed by atoms with Crippen molar-refractivity contribution in [1.29, 1.82) is 5.26 Å². The van der Waals surface area contributed by atoms with Crippen LogP contribution in [0.2, 0.25) is 5.02 Å². The average Bonchev–Trinajstić information content (AvgIpc) is 3.09. The fourth-order valence-electron chi connectivity index (χ4n) is 1.72. The van der Waals surface area contributed by atoms with Gasteiger partial charge in [0.25, 0.3) is 5.69 Å². The normalized spacial score (nSPS) is 15.8. The maximum Gasteiger partial charge on any atom is 0.270 e. The number of Topliss-reactive ketones (excluding diaryl/α,β-unsaturated/α-hetero) is 1. The van der Waals surface area contributed by atoms with Crippen molar-refractivity contribution in [2.45, 2.75) is 19.3 Å². The Morgan fingerprint density at radius 2 is 2.22 bits per heavy atom. The first-order valence-electron chi connectivity index (χ1n) is 5.36. The molecule has 0 amide bonds. The van der Waals surface area contributed by atoms with E-state index in [1.165, 1.54) is 12.1 Å². The second-order valence-corrected chi connectivity index (χ2v) is 4.82. The van der Waals surface area contributed by atoms with Gasteiger partial charge in [-0.1, -0.05) is 11.6 Å². The summed E-state index contributed by atoms with van der Waals surface area (Å²) in [5.74, 6) is -0.317. The molecule has 18 heavy (non-hydrogen) atoms. The highest BCUT2D eigenvalue weighted by Crippen LogP contribution is 2.49. The highest BCUT2D eigenvalue weighted by atomic mass is 35.5. The lowest BCUT2D eigenvalue weighted by Gasteiger charge is -2.06. The molecule has 0 spiro atoms. The number of hydrogen-bond donors (Lipinski definition) is 0. The number of nitriles is 1. The van der Waals surface area contributed by atoms with Gasteiger partial charge >= 0.3 is 0 Å². The molecule has 0 aromatic heterocycles. The Hall–Kier alpha value is -1.93. The zero-order chi connectivity index (χ0) is 13.3. The van der Waals surface area contributed by atoms with Crippen LogP contribution in [0.5, 0.6) is 0 Å². The molecule has 0 N–H and O–H groups in total. The van der Waals surface area contributed by atoms with E-state index in [1.54, 1.807) is 0 Å². The molecule has 92 valence electrons. The number of hydrogen-bond acceptors (Lipinski definition) is 4. The molecule has 0 saturated heterocycles. The number of nitrogens with zero attached hydrogens (tertiary/aromatic N) is 2. The van der Waals surface area contributed by atoms with Crippen molar-refractivity contribution in [2.24, 2.45) is 5.41 Å². The average molecular weight is 265 g/mol. The van der Waals surface area contributed by atoms with E-state index in [0.29, 0.717) is 12.8 Å². The van der Waals surface area contributed by atoms with Gasteiger partial charge in [0.2, 0.25) is 0 Å². The molecule has 0 heterocycles. The number of halogens is 1. The van der Waals surface area contributed by atoms with Crippen molar-refractivity contribution >= 4 is 23.1 Å². The van der Waals surface area contributed by atoms with Crippen molar-refractivity contribution in [3.63, 3.8) is 0 Å². The van der Waals surface area contributed by atoms with Gasteiger partial charge in [0.15, 0.2) is 5.78 Å². The topological polar surface area (TPSA) is 84.0 Å². The lowest BCUT2D eigenvalue weighted by molar-refractivity contribution is -0.384. The summed E-state index contributed by atoms with van der Waals surface area (Å²) in [5.41, 5.74) is -0.637. The third-order valence-corrected chi connectivity index (χ3v) is 3.38. The zero-order valence-corrected chi connectivity index (χ0v) is 10.1. The number of benzene rings is 1. The van der Waals surface area contributed by atoms with Crippen LogP contribution in [0, 0.1) is 26.9 Å². The molecular weight excluding hydrogens is 256 g/mol. The number of nitro benzene ring substituents is 1. The van der Waals surface area contributed by atoms with Gasteiger partial charge in [-0.05, 0) is 18.9 Å². The lowest BCUT2D eigenvalue weighted by atomic mass is 9.97. The van der Waals surface area contributed by atoms with E-state index < -0.39 is 10.3 Å². The Labute approximate surface area is 108 Å². The van der Waals surface area contributed by atoms with Crippen LogP contribution in [0.15, 0.2) is 18.2 Å².